The van der Waals surface area contributed by atoms with Gasteiger partial charge in [-0.05, 0) is 55.2 Å². The van der Waals surface area contributed by atoms with E-state index >= 15 is 0 Å². The highest BCUT2D eigenvalue weighted by atomic mass is 16.5. The van der Waals surface area contributed by atoms with Crippen molar-refractivity contribution in [3.63, 3.8) is 0 Å². The van der Waals surface area contributed by atoms with Crippen LogP contribution in [-0.2, 0) is 17.6 Å². The number of rotatable bonds is 8. The van der Waals surface area contributed by atoms with E-state index in [4.69, 9.17) is 4.74 Å². The van der Waals surface area contributed by atoms with Gasteiger partial charge in [0, 0.05) is 11.4 Å². The summed E-state index contributed by atoms with van der Waals surface area (Å²) in [4.78, 5) is 16.3. The van der Waals surface area contributed by atoms with Gasteiger partial charge in [-0.1, -0.05) is 32.0 Å². The summed E-state index contributed by atoms with van der Waals surface area (Å²) >= 11 is 0. The van der Waals surface area contributed by atoms with Crippen LogP contribution in [0.15, 0.2) is 48.7 Å². The van der Waals surface area contributed by atoms with Gasteiger partial charge in [0.25, 0.3) is 0 Å². The van der Waals surface area contributed by atoms with Gasteiger partial charge in [0.2, 0.25) is 5.95 Å². The number of carbonyl (C=O) groups is 1. The minimum Gasteiger partial charge on any atom is -0.462 e. The second kappa shape index (κ2) is 9.64. The average molecular weight is 391 g/mol. The van der Waals surface area contributed by atoms with Crippen molar-refractivity contribution >= 4 is 29.1 Å². The Labute approximate surface area is 170 Å². The smallest absolute Gasteiger partial charge is 0.338 e. The molecule has 0 aliphatic rings. The molecule has 0 bridgehead atoms. The molecule has 0 spiro atoms. The van der Waals surface area contributed by atoms with Crippen molar-refractivity contribution in [3.8, 4) is 0 Å². The predicted molar refractivity (Wildman–Crippen MR) is 114 cm³/mol. The van der Waals surface area contributed by atoms with Gasteiger partial charge >= 0.3 is 5.97 Å². The molecule has 7 heteroatoms. The maximum atomic E-state index is 11.8. The number of aryl methyl sites for hydroxylation is 2. The molecule has 150 valence electrons. The van der Waals surface area contributed by atoms with Gasteiger partial charge in [0.1, 0.15) is 0 Å². The van der Waals surface area contributed by atoms with Gasteiger partial charge in [-0.3, -0.25) is 0 Å². The summed E-state index contributed by atoms with van der Waals surface area (Å²) < 4.78 is 4.99. The van der Waals surface area contributed by atoms with Gasteiger partial charge in [0.15, 0.2) is 5.82 Å². The summed E-state index contributed by atoms with van der Waals surface area (Å²) in [6.07, 6.45) is 3.44. The number of carbonyl (C=O) groups excluding carboxylic acids is 1. The maximum absolute atomic E-state index is 11.8. The number of hydrogen-bond acceptors (Lipinski definition) is 7. The lowest BCUT2D eigenvalue weighted by Crippen LogP contribution is -2.06. The van der Waals surface area contributed by atoms with Crippen LogP contribution in [0.2, 0.25) is 0 Å². The molecule has 1 aromatic heterocycles. The van der Waals surface area contributed by atoms with E-state index in [0.29, 0.717) is 23.9 Å². The zero-order chi connectivity index (χ0) is 20.6. The molecule has 7 nitrogen and oxygen atoms in total. The van der Waals surface area contributed by atoms with Crippen LogP contribution < -0.4 is 10.6 Å². The molecule has 0 aliphatic carbocycles. The lowest BCUT2D eigenvalue weighted by Gasteiger charge is -2.15. The number of anilines is 4. The largest absolute Gasteiger partial charge is 0.462 e. The molecular formula is C22H25N5O2. The van der Waals surface area contributed by atoms with Crippen molar-refractivity contribution in [2.75, 3.05) is 17.2 Å². The normalized spacial score (nSPS) is 10.4. The monoisotopic (exact) mass is 391 g/mol. The zero-order valence-corrected chi connectivity index (χ0v) is 16.9. The number of esters is 1. The van der Waals surface area contributed by atoms with Crippen LogP contribution >= 0.6 is 0 Å². The average Bonchev–Trinajstić information content (AvgIpc) is 2.75. The third-order valence-electron chi connectivity index (χ3n) is 4.46. The van der Waals surface area contributed by atoms with Crippen molar-refractivity contribution in [1.29, 1.82) is 0 Å². The van der Waals surface area contributed by atoms with Gasteiger partial charge in [-0.15, -0.1) is 5.10 Å². The fourth-order valence-corrected chi connectivity index (χ4v) is 2.98. The van der Waals surface area contributed by atoms with Crippen molar-refractivity contribution in [1.82, 2.24) is 15.2 Å². The molecule has 3 aromatic rings. The Hall–Kier alpha value is -3.48. The van der Waals surface area contributed by atoms with Crippen molar-refractivity contribution in [3.05, 3.63) is 65.4 Å². The van der Waals surface area contributed by atoms with E-state index in [1.54, 1.807) is 37.4 Å². The number of nitrogens with one attached hydrogen (secondary N) is 2. The van der Waals surface area contributed by atoms with Gasteiger partial charge in [0.05, 0.1) is 18.4 Å². The summed E-state index contributed by atoms with van der Waals surface area (Å²) in [5.41, 5.74) is 4.78. The second-order valence-corrected chi connectivity index (χ2v) is 6.37. The Morgan fingerprint density at radius 3 is 2.28 bits per heavy atom. The molecule has 0 fully saturated rings. The Morgan fingerprint density at radius 1 is 0.966 bits per heavy atom. The van der Waals surface area contributed by atoms with Crippen molar-refractivity contribution < 1.29 is 9.53 Å². The lowest BCUT2D eigenvalue weighted by atomic mass is 10.0. The van der Waals surface area contributed by atoms with E-state index in [9.17, 15) is 4.79 Å². The summed E-state index contributed by atoms with van der Waals surface area (Å²) in [5.74, 6) is 0.636. The molecule has 0 unspecified atom stereocenters. The highest BCUT2D eigenvalue weighted by molar-refractivity contribution is 5.89. The molecule has 0 saturated carbocycles. The van der Waals surface area contributed by atoms with E-state index in [0.717, 1.165) is 24.2 Å². The maximum Gasteiger partial charge on any atom is 0.338 e. The molecular weight excluding hydrogens is 366 g/mol. The van der Waals surface area contributed by atoms with Crippen molar-refractivity contribution in [2.24, 2.45) is 0 Å². The topological polar surface area (TPSA) is 89.0 Å². The molecule has 2 N–H and O–H groups in total. The first-order chi connectivity index (χ1) is 14.1. The SMILES string of the molecule is CCOC(=O)c1ccc(Nc2nncc(Nc3c(CC)cccc3CC)n2)cc1. The molecule has 29 heavy (non-hydrogen) atoms. The van der Waals surface area contributed by atoms with E-state index in [1.165, 1.54) is 11.1 Å². The Kier molecular flexibility index (Phi) is 6.73. The molecule has 0 atom stereocenters. The minimum absolute atomic E-state index is 0.343. The number of benzene rings is 2. The van der Waals surface area contributed by atoms with Gasteiger partial charge < -0.3 is 15.4 Å². The summed E-state index contributed by atoms with van der Waals surface area (Å²) in [5, 5.41) is 14.6. The number of para-hydroxylation sites is 1. The van der Waals surface area contributed by atoms with Crippen LogP contribution in [-0.4, -0.2) is 27.8 Å². The molecule has 0 amide bonds. The van der Waals surface area contributed by atoms with Crippen LogP contribution in [0.5, 0.6) is 0 Å². The zero-order valence-electron chi connectivity index (χ0n) is 16.9. The van der Waals surface area contributed by atoms with E-state index in [1.807, 2.05) is 0 Å². The quantitative estimate of drug-likeness (QED) is 0.540. The Balaban J connectivity index is 1.76. The molecule has 0 radical (unpaired) electrons. The third kappa shape index (κ3) is 5.07. The molecule has 0 aliphatic heterocycles. The highest BCUT2D eigenvalue weighted by Crippen LogP contribution is 2.26. The summed E-state index contributed by atoms with van der Waals surface area (Å²) in [7, 11) is 0. The number of nitrogens with zero attached hydrogens (tertiary/aromatic N) is 3. The first-order valence-electron chi connectivity index (χ1n) is 9.76. The highest BCUT2D eigenvalue weighted by Gasteiger charge is 2.09. The second-order valence-electron chi connectivity index (χ2n) is 6.37. The third-order valence-corrected chi connectivity index (χ3v) is 4.46. The molecule has 2 aromatic carbocycles. The fraction of sp³-hybridized carbons (Fsp3) is 0.273. The van der Waals surface area contributed by atoms with Crippen molar-refractivity contribution in [2.45, 2.75) is 33.6 Å². The van der Waals surface area contributed by atoms with Crippen LogP contribution in [0.4, 0.5) is 23.1 Å². The molecule has 3 rings (SSSR count). The van der Waals surface area contributed by atoms with E-state index in [2.05, 4.69) is 57.9 Å². The van der Waals surface area contributed by atoms with E-state index < -0.39 is 0 Å². The van der Waals surface area contributed by atoms with Gasteiger partial charge in [-0.2, -0.15) is 10.1 Å². The van der Waals surface area contributed by atoms with E-state index in [-0.39, 0.29) is 5.97 Å². The molecule has 1 heterocycles. The number of aromatic nitrogens is 3. The van der Waals surface area contributed by atoms with Gasteiger partial charge in [-0.25, -0.2) is 4.79 Å². The first-order valence-corrected chi connectivity index (χ1v) is 9.76. The van der Waals surface area contributed by atoms with Crippen LogP contribution in [0.25, 0.3) is 0 Å². The fourth-order valence-electron chi connectivity index (χ4n) is 2.98. The standard InChI is InChI=1S/C22H25N5O2/c1-4-15-8-7-9-16(5-2)20(15)25-19-14-23-27-22(26-19)24-18-12-10-17(11-13-18)21(28)29-6-3/h7-14H,4-6H2,1-3H3,(H2,24,25,26,27). The molecule has 0 saturated heterocycles. The van der Waals surface area contributed by atoms with Crippen LogP contribution in [0.3, 0.4) is 0 Å². The predicted octanol–water partition coefficient (Wildman–Crippen LogP) is 4.66. The Morgan fingerprint density at radius 2 is 1.66 bits per heavy atom. The minimum atomic E-state index is -0.343. The summed E-state index contributed by atoms with van der Waals surface area (Å²) in [6, 6.07) is 13.2. The van der Waals surface area contributed by atoms with Crippen LogP contribution in [0, 0.1) is 0 Å². The lowest BCUT2D eigenvalue weighted by molar-refractivity contribution is 0.0526. The first kappa shape index (κ1) is 20.3. The number of ether oxygens (including phenoxy) is 1. The summed E-state index contributed by atoms with van der Waals surface area (Å²) in [6.45, 7) is 6.39. The van der Waals surface area contributed by atoms with Crippen LogP contribution in [0.1, 0.15) is 42.3 Å². The Bertz CT molecular complexity index is 951. The number of hydrogen-bond donors (Lipinski definition) is 2.